The van der Waals surface area contributed by atoms with Crippen LogP contribution in [0.4, 0.5) is 5.69 Å². The molecular weight excluding hydrogens is 622 g/mol. The van der Waals surface area contributed by atoms with Gasteiger partial charge in [-0.2, -0.15) is 0 Å². The van der Waals surface area contributed by atoms with Gasteiger partial charge in [-0.05, 0) is 42.8 Å². The number of anilines is 1. The van der Waals surface area contributed by atoms with E-state index < -0.39 is 68.6 Å². The summed E-state index contributed by atoms with van der Waals surface area (Å²) in [4.78, 5) is 61.1. The van der Waals surface area contributed by atoms with Crippen molar-refractivity contribution in [3.63, 3.8) is 0 Å². The normalized spacial score (nSPS) is 11.8. The number of rotatable bonds is 26. The van der Waals surface area contributed by atoms with Gasteiger partial charge in [0.1, 0.15) is 0 Å². The molecule has 0 fully saturated rings. The van der Waals surface area contributed by atoms with Crippen molar-refractivity contribution >= 4 is 52.9 Å². The molecule has 7 N–H and O–H groups in total. The Bertz CT molecular complexity index is 1110. The van der Waals surface area contributed by atoms with Crippen LogP contribution in [0.25, 0.3) is 0 Å². The van der Waals surface area contributed by atoms with Crippen LogP contribution in [0.15, 0.2) is 24.3 Å². The molecule has 1 aromatic rings. The van der Waals surface area contributed by atoms with E-state index in [1.807, 2.05) is 0 Å². The molecule has 0 aromatic heterocycles. The van der Waals surface area contributed by atoms with E-state index in [4.69, 9.17) is 22.4 Å². The molecular formula is C30H47N5O10S. The SMILES string of the molecule is CCCCCCCCNC(=S)Nc1ccc(CC(CN(CCN(CC(=O)O)CC(=O)O)CC(=O)O)N(CC(=O)O)CC(=O)O)cc1. The number of hydrogen-bond acceptors (Lipinski definition) is 9. The van der Waals surface area contributed by atoms with E-state index in [9.17, 15) is 39.3 Å². The van der Waals surface area contributed by atoms with E-state index in [1.54, 1.807) is 24.3 Å². The average molecular weight is 670 g/mol. The van der Waals surface area contributed by atoms with Gasteiger partial charge < -0.3 is 36.2 Å². The van der Waals surface area contributed by atoms with E-state index in [0.717, 1.165) is 29.8 Å². The van der Waals surface area contributed by atoms with Crippen molar-refractivity contribution in [3.8, 4) is 0 Å². The lowest BCUT2D eigenvalue weighted by Gasteiger charge is -2.34. The highest BCUT2D eigenvalue weighted by Crippen LogP contribution is 2.16. The maximum Gasteiger partial charge on any atom is 0.317 e. The number of unbranched alkanes of at least 4 members (excludes halogenated alkanes) is 5. The lowest BCUT2D eigenvalue weighted by atomic mass is 10.0. The fourth-order valence-electron chi connectivity index (χ4n) is 4.85. The van der Waals surface area contributed by atoms with Gasteiger partial charge in [-0.25, -0.2) is 0 Å². The van der Waals surface area contributed by atoms with Crippen LogP contribution in [0.5, 0.6) is 0 Å². The summed E-state index contributed by atoms with van der Waals surface area (Å²) in [5.41, 5.74) is 1.43. The number of hydrogen-bond donors (Lipinski definition) is 7. The molecule has 0 bridgehead atoms. The van der Waals surface area contributed by atoms with Crippen LogP contribution in [0, 0.1) is 0 Å². The molecule has 0 radical (unpaired) electrons. The van der Waals surface area contributed by atoms with Crippen molar-refractivity contribution in [2.75, 3.05) is 64.2 Å². The van der Waals surface area contributed by atoms with Gasteiger partial charge in [0.25, 0.3) is 0 Å². The summed E-state index contributed by atoms with van der Waals surface area (Å²) in [5.74, 6) is -6.28. The Morgan fingerprint density at radius 3 is 1.70 bits per heavy atom. The molecule has 0 saturated heterocycles. The Morgan fingerprint density at radius 2 is 1.17 bits per heavy atom. The minimum atomic E-state index is -1.27. The summed E-state index contributed by atoms with van der Waals surface area (Å²) in [5, 5.41) is 53.5. The molecule has 1 rings (SSSR count). The third kappa shape index (κ3) is 19.5. The topological polar surface area (TPSA) is 220 Å². The fraction of sp³-hybridized carbons (Fsp3) is 0.600. The van der Waals surface area contributed by atoms with Crippen LogP contribution >= 0.6 is 12.2 Å². The molecule has 0 aliphatic heterocycles. The standard InChI is InChI=1S/C30H47N5O10S/c1-2-3-4-5-6-7-12-31-30(46)32-23-10-8-22(9-11-23)15-24(35(20-28(42)43)21-29(44)45)16-33(17-25(36)37)13-14-34(18-26(38)39)19-27(40)41/h8-11,24H,2-7,12-21H2,1H3,(H,36,37)(H,38,39)(H,40,41)(H,42,43)(H,44,45)(H2,31,32,46). The second-order valence-corrected chi connectivity index (χ2v) is 11.4. The maximum atomic E-state index is 11.7. The third-order valence-corrected chi connectivity index (χ3v) is 7.22. The molecule has 0 heterocycles. The van der Waals surface area contributed by atoms with Crippen LogP contribution in [-0.4, -0.2) is 140 Å². The van der Waals surface area contributed by atoms with Crippen molar-refractivity contribution < 1.29 is 49.5 Å². The van der Waals surface area contributed by atoms with Crippen LogP contribution in [-0.2, 0) is 30.4 Å². The number of nitrogens with zero attached hydrogens (tertiary/aromatic N) is 3. The van der Waals surface area contributed by atoms with Gasteiger partial charge in [-0.15, -0.1) is 0 Å². The predicted molar refractivity (Wildman–Crippen MR) is 174 cm³/mol. The van der Waals surface area contributed by atoms with E-state index in [-0.39, 0.29) is 26.1 Å². The second kappa shape index (κ2) is 22.6. The zero-order valence-corrected chi connectivity index (χ0v) is 27.0. The first-order valence-electron chi connectivity index (χ1n) is 15.2. The Morgan fingerprint density at radius 1 is 0.696 bits per heavy atom. The molecule has 16 heteroatoms. The van der Waals surface area contributed by atoms with Gasteiger partial charge >= 0.3 is 29.8 Å². The van der Waals surface area contributed by atoms with Gasteiger partial charge in [0, 0.05) is 37.9 Å². The summed E-state index contributed by atoms with van der Waals surface area (Å²) in [6.45, 7) is -0.281. The summed E-state index contributed by atoms with van der Waals surface area (Å²) in [7, 11) is 0. The first-order chi connectivity index (χ1) is 21.8. The fourth-order valence-corrected chi connectivity index (χ4v) is 5.07. The number of aliphatic carboxylic acids is 5. The number of carboxylic acid groups (broad SMARTS) is 5. The molecule has 0 spiro atoms. The van der Waals surface area contributed by atoms with Gasteiger partial charge in [0.15, 0.2) is 5.11 Å². The Kier molecular flexibility index (Phi) is 19.7. The molecule has 258 valence electrons. The Balaban J connectivity index is 3.04. The highest BCUT2D eigenvalue weighted by molar-refractivity contribution is 7.80. The number of benzene rings is 1. The van der Waals surface area contributed by atoms with E-state index in [0.29, 0.717) is 10.8 Å². The average Bonchev–Trinajstić information content (AvgIpc) is 2.94. The Labute approximate surface area is 274 Å². The van der Waals surface area contributed by atoms with Crippen molar-refractivity contribution in [1.82, 2.24) is 20.0 Å². The number of carboxylic acids is 5. The van der Waals surface area contributed by atoms with Gasteiger partial charge in [0.2, 0.25) is 0 Å². The van der Waals surface area contributed by atoms with Crippen LogP contribution in [0.1, 0.15) is 51.0 Å². The summed E-state index contributed by atoms with van der Waals surface area (Å²) in [6, 6.07) is 6.31. The lowest BCUT2D eigenvalue weighted by Crippen LogP contribution is -2.51. The highest BCUT2D eigenvalue weighted by Gasteiger charge is 2.27. The van der Waals surface area contributed by atoms with E-state index in [1.165, 1.54) is 35.5 Å². The van der Waals surface area contributed by atoms with Crippen molar-refractivity contribution in [2.45, 2.75) is 57.9 Å². The molecule has 0 amide bonds. The lowest BCUT2D eigenvalue weighted by molar-refractivity contribution is -0.144. The van der Waals surface area contributed by atoms with Gasteiger partial charge in [0.05, 0.1) is 32.7 Å². The molecule has 1 atom stereocenters. The molecule has 1 unspecified atom stereocenters. The second-order valence-electron chi connectivity index (χ2n) is 11.0. The summed E-state index contributed by atoms with van der Waals surface area (Å²) in [6.07, 6.45) is 7.14. The summed E-state index contributed by atoms with van der Waals surface area (Å²) < 4.78 is 0. The smallest absolute Gasteiger partial charge is 0.317 e. The highest BCUT2D eigenvalue weighted by atomic mass is 32.1. The molecule has 0 aliphatic carbocycles. The maximum absolute atomic E-state index is 11.7. The quantitative estimate of drug-likeness (QED) is 0.0550. The minimum Gasteiger partial charge on any atom is -0.480 e. The zero-order valence-electron chi connectivity index (χ0n) is 26.2. The Hall–Kier alpha value is -3.86. The number of carbonyl (C=O) groups is 5. The van der Waals surface area contributed by atoms with Crippen LogP contribution in [0.2, 0.25) is 0 Å². The van der Waals surface area contributed by atoms with Crippen molar-refractivity contribution in [2.24, 2.45) is 0 Å². The molecule has 1 aromatic carbocycles. The first-order valence-corrected chi connectivity index (χ1v) is 15.6. The monoisotopic (exact) mass is 669 g/mol. The number of nitrogens with one attached hydrogen (secondary N) is 2. The molecule has 15 nitrogen and oxygen atoms in total. The molecule has 0 saturated carbocycles. The molecule has 0 aliphatic rings. The van der Waals surface area contributed by atoms with E-state index >= 15 is 0 Å². The molecule has 46 heavy (non-hydrogen) atoms. The van der Waals surface area contributed by atoms with Crippen molar-refractivity contribution in [1.29, 1.82) is 0 Å². The van der Waals surface area contributed by atoms with Crippen LogP contribution < -0.4 is 10.6 Å². The predicted octanol–water partition coefficient (Wildman–Crippen LogP) is 1.57. The number of thiocarbonyl (C=S) groups is 1. The van der Waals surface area contributed by atoms with Gasteiger partial charge in [-0.3, -0.25) is 38.7 Å². The van der Waals surface area contributed by atoms with Crippen LogP contribution in [0.3, 0.4) is 0 Å². The summed E-state index contributed by atoms with van der Waals surface area (Å²) >= 11 is 5.38. The van der Waals surface area contributed by atoms with E-state index in [2.05, 4.69) is 17.6 Å². The first kappa shape index (κ1) is 40.2. The van der Waals surface area contributed by atoms with Crippen molar-refractivity contribution in [3.05, 3.63) is 29.8 Å². The zero-order chi connectivity index (χ0) is 34.5. The third-order valence-electron chi connectivity index (χ3n) is 6.97. The van der Waals surface area contributed by atoms with Gasteiger partial charge in [-0.1, -0.05) is 51.2 Å². The minimum absolute atomic E-state index is 0.0661. The largest absolute Gasteiger partial charge is 0.480 e.